The van der Waals surface area contributed by atoms with Crippen molar-refractivity contribution in [3.63, 3.8) is 0 Å². The molecule has 0 spiro atoms. The van der Waals surface area contributed by atoms with E-state index in [1.807, 2.05) is 34.6 Å². The van der Waals surface area contributed by atoms with E-state index in [9.17, 15) is 4.79 Å². The highest BCUT2D eigenvalue weighted by atomic mass is 79.9. The SMILES string of the molecule is CC.CC(C)(C)OC(=O)CBr. The number of hydrogen-bond acceptors (Lipinski definition) is 2. The van der Waals surface area contributed by atoms with Crippen molar-refractivity contribution in [3.8, 4) is 0 Å². The largest absolute Gasteiger partial charge is 0.459 e. The number of rotatable bonds is 1. The molecule has 0 saturated carbocycles. The van der Waals surface area contributed by atoms with Crippen molar-refractivity contribution in [2.75, 3.05) is 5.33 Å². The van der Waals surface area contributed by atoms with E-state index in [-0.39, 0.29) is 16.9 Å². The minimum Gasteiger partial charge on any atom is -0.459 e. The molecule has 0 aromatic rings. The number of halogens is 1. The zero-order chi connectivity index (χ0) is 9.49. The molecule has 0 saturated heterocycles. The standard InChI is InChI=1S/C6H11BrO2.C2H6/c1-6(2,3)9-5(8)4-7;1-2/h4H2,1-3H3;1-2H3. The normalized spacial score (nSPS) is 9.64. The third-order valence-corrected chi connectivity index (χ3v) is 0.987. The van der Waals surface area contributed by atoms with E-state index in [0.29, 0.717) is 0 Å². The van der Waals surface area contributed by atoms with Crippen molar-refractivity contribution in [2.24, 2.45) is 0 Å². The molecule has 0 rings (SSSR count). The molecule has 68 valence electrons. The van der Waals surface area contributed by atoms with Crippen LogP contribution in [0.1, 0.15) is 34.6 Å². The Kier molecular flexibility index (Phi) is 8.18. The van der Waals surface area contributed by atoms with Gasteiger partial charge in [-0.2, -0.15) is 0 Å². The van der Waals surface area contributed by atoms with Gasteiger partial charge in [-0.25, -0.2) is 0 Å². The molecular formula is C8H17BrO2. The van der Waals surface area contributed by atoms with Gasteiger partial charge in [0.15, 0.2) is 0 Å². The van der Waals surface area contributed by atoms with Gasteiger partial charge in [0.25, 0.3) is 0 Å². The third-order valence-electron chi connectivity index (χ3n) is 0.529. The first-order chi connectivity index (χ1) is 4.95. The molecule has 0 aromatic carbocycles. The number of carbonyl (C=O) groups excluding carboxylic acids is 1. The van der Waals surface area contributed by atoms with E-state index in [0.717, 1.165) is 0 Å². The van der Waals surface area contributed by atoms with Gasteiger partial charge < -0.3 is 4.74 Å². The average Bonchev–Trinajstić information content (AvgIpc) is 1.89. The second-order valence-corrected chi connectivity index (χ2v) is 3.28. The van der Waals surface area contributed by atoms with Crippen LogP contribution in [0.25, 0.3) is 0 Å². The summed E-state index contributed by atoms with van der Waals surface area (Å²) in [5, 5.41) is 0.268. The second kappa shape index (κ2) is 6.65. The van der Waals surface area contributed by atoms with E-state index in [1.165, 1.54) is 0 Å². The van der Waals surface area contributed by atoms with Gasteiger partial charge in [0.2, 0.25) is 0 Å². The predicted molar refractivity (Wildman–Crippen MR) is 51.0 cm³/mol. The summed E-state index contributed by atoms with van der Waals surface area (Å²) in [5.74, 6) is -0.220. The first-order valence-electron chi connectivity index (χ1n) is 3.73. The topological polar surface area (TPSA) is 26.3 Å². The van der Waals surface area contributed by atoms with Crippen LogP contribution in [0, 0.1) is 0 Å². The van der Waals surface area contributed by atoms with Crippen molar-refractivity contribution in [1.29, 1.82) is 0 Å². The van der Waals surface area contributed by atoms with Gasteiger partial charge in [0.1, 0.15) is 10.9 Å². The van der Waals surface area contributed by atoms with Crippen LogP contribution in [0.3, 0.4) is 0 Å². The number of hydrogen-bond donors (Lipinski definition) is 0. The van der Waals surface area contributed by atoms with Crippen molar-refractivity contribution >= 4 is 21.9 Å². The molecule has 0 aliphatic carbocycles. The Bertz CT molecular complexity index is 105. The maximum Gasteiger partial charge on any atom is 0.317 e. The zero-order valence-corrected chi connectivity index (χ0v) is 9.49. The number of carbonyl (C=O) groups is 1. The molecule has 0 aliphatic heterocycles. The first-order valence-corrected chi connectivity index (χ1v) is 4.85. The number of esters is 1. The highest BCUT2D eigenvalue weighted by Crippen LogP contribution is 2.07. The van der Waals surface area contributed by atoms with Crippen molar-refractivity contribution in [1.82, 2.24) is 0 Å². The van der Waals surface area contributed by atoms with Crippen LogP contribution in [-0.2, 0) is 9.53 Å². The van der Waals surface area contributed by atoms with Gasteiger partial charge in [0, 0.05) is 0 Å². The third kappa shape index (κ3) is 13.0. The van der Waals surface area contributed by atoms with E-state index in [1.54, 1.807) is 0 Å². The van der Waals surface area contributed by atoms with Crippen LogP contribution < -0.4 is 0 Å². The molecule has 0 atom stereocenters. The summed E-state index contributed by atoms with van der Waals surface area (Å²) < 4.78 is 4.90. The molecule has 0 fully saturated rings. The Morgan fingerprint density at radius 3 is 1.82 bits per heavy atom. The molecule has 2 nitrogen and oxygen atoms in total. The van der Waals surface area contributed by atoms with Crippen molar-refractivity contribution in [2.45, 2.75) is 40.2 Å². The molecule has 0 N–H and O–H groups in total. The fraction of sp³-hybridized carbons (Fsp3) is 0.875. The number of ether oxygens (including phenoxy) is 1. The lowest BCUT2D eigenvalue weighted by atomic mass is 10.2. The van der Waals surface area contributed by atoms with Crippen LogP contribution in [0.2, 0.25) is 0 Å². The van der Waals surface area contributed by atoms with Gasteiger partial charge in [-0.1, -0.05) is 29.8 Å². The molecule has 3 heteroatoms. The Hall–Kier alpha value is -0.0500. The van der Waals surface area contributed by atoms with Crippen molar-refractivity contribution in [3.05, 3.63) is 0 Å². The smallest absolute Gasteiger partial charge is 0.317 e. The molecule has 0 bridgehead atoms. The van der Waals surface area contributed by atoms with E-state index in [4.69, 9.17) is 4.74 Å². The summed E-state index contributed by atoms with van der Waals surface area (Å²) in [5.41, 5.74) is -0.356. The van der Waals surface area contributed by atoms with E-state index in [2.05, 4.69) is 15.9 Å². The van der Waals surface area contributed by atoms with Crippen LogP contribution in [0.4, 0.5) is 0 Å². The summed E-state index contributed by atoms with van der Waals surface area (Å²) in [7, 11) is 0. The fourth-order valence-corrected chi connectivity index (χ4v) is 0.483. The zero-order valence-electron chi connectivity index (χ0n) is 7.90. The van der Waals surface area contributed by atoms with Gasteiger partial charge in [-0.15, -0.1) is 0 Å². The Morgan fingerprint density at radius 1 is 1.36 bits per heavy atom. The van der Waals surface area contributed by atoms with E-state index >= 15 is 0 Å². The van der Waals surface area contributed by atoms with Crippen LogP contribution in [-0.4, -0.2) is 16.9 Å². The average molecular weight is 225 g/mol. The molecule has 11 heavy (non-hydrogen) atoms. The molecule has 0 amide bonds. The lowest BCUT2D eigenvalue weighted by Crippen LogP contribution is -2.24. The lowest BCUT2D eigenvalue weighted by Gasteiger charge is -2.18. The second-order valence-electron chi connectivity index (χ2n) is 2.72. The molecule has 0 unspecified atom stereocenters. The molecule has 0 aromatic heterocycles. The van der Waals surface area contributed by atoms with E-state index < -0.39 is 0 Å². The Morgan fingerprint density at radius 2 is 1.73 bits per heavy atom. The van der Waals surface area contributed by atoms with Gasteiger partial charge in [-0.3, -0.25) is 4.79 Å². The summed E-state index contributed by atoms with van der Waals surface area (Å²) in [6, 6.07) is 0. The summed E-state index contributed by atoms with van der Waals surface area (Å²) in [4.78, 5) is 10.6. The highest BCUT2D eigenvalue weighted by molar-refractivity contribution is 9.09. The Labute approximate surface area is 77.4 Å². The highest BCUT2D eigenvalue weighted by Gasteiger charge is 2.14. The summed E-state index contributed by atoms with van der Waals surface area (Å²) in [6.45, 7) is 9.52. The summed E-state index contributed by atoms with van der Waals surface area (Å²) >= 11 is 2.99. The van der Waals surface area contributed by atoms with Crippen molar-refractivity contribution < 1.29 is 9.53 Å². The molecule has 0 heterocycles. The van der Waals surface area contributed by atoms with Crippen LogP contribution in [0.15, 0.2) is 0 Å². The minimum atomic E-state index is -0.356. The van der Waals surface area contributed by atoms with Crippen LogP contribution in [0.5, 0.6) is 0 Å². The predicted octanol–water partition coefficient (Wildman–Crippen LogP) is 2.75. The first kappa shape index (κ1) is 13.5. The number of alkyl halides is 1. The molecule has 0 radical (unpaired) electrons. The Balaban J connectivity index is 0. The fourth-order valence-electron chi connectivity index (χ4n) is 0.369. The monoisotopic (exact) mass is 224 g/mol. The lowest BCUT2D eigenvalue weighted by molar-refractivity contribution is -0.151. The minimum absolute atomic E-state index is 0.220. The molecular weight excluding hydrogens is 208 g/mol. The molecule has 0 aliphatic rings. The van der Waals surface area contributed by atoms with Gasteiger partial charge in [-0.05, 0) is 20.8 Å². The van der Waals surface area contributed by atoms with Gasteiger partial charge >= 0.3 is 5.97 Å². The summed E-state index contributed by atoms with van der Waals surface area (Å²) in [6.07, 6.45) is 0. The maximum absolute atomic E-state index is 10.6. The maximum atomic E-state index is 10.6. The van der Waals surface area contributed by atoms with Gasteiger partial charge in [0.05, 0.1) is 0 Å². The quantitative estimate of drug-likeness (QED) is 0.506. The van der Waals surface area contributed by atoms with Crippen LogP contribution >= 0.6 is 15.9 Å².